The van der Waals surface area contributed by atoms with Gasteiger partial charge in [0.1, 0.15) is 6.07 Å². The van der Waals surface area contributed by atoms with Crippen LogP contribution in [-0.2, 0) is 7.05 Å². The molecule has 2 aromatic heterocycles. The Balaban J connectivity index is 2.62. The molecular weight excluding hydrogens is 228 g/mol. The van der Waals surface area contributed by atoms with E-state index in [0.29, 0.717) is 11.4 Å². The number of aromatic nitrogens is 3. The fraction of sp³-hybridized carbons (Fsp3) is 0.250. The average Bonchev–Trinajstić information content (AvgIpc) is 2.62. The molecule has 0 aromatic carbocycles. The van der Waals surface area contributed by atoms with Crippen LogP contribution in [-0.4, -0.2) is 14.8 Å². The zero-order valence-electron chi connectivity index (χ0n) is 10.5. The fourth-order valence-electron chi connectivity index (χ4n) is 1.94. The lowest BCUT2D eigenvalue weighted by molar-refractivity contribution is 0.731. The van der Waals surface area contributed by atoms with Crippen LogP contribution >= 0.6 is 0 Å². The maximum atomic E-state index is 8.92. The highest BCUT2D eigenvalue weighted by molar-refractivity contribution is 5.68. The summed E-state index contributed by atoms with van der Waals surface area (Å²) in [5, 5.41) is 13.3. The smallest absolute Gasteiger partial charge is 0.158 e. The lowest BCUT2D eigenvalue weighted by Gasteiger charge is -2.06. The van der Waals surface area contributed by atoms with Gasteiger partial charge in [-0.15, -0.1) is 0 Å². The summed E-state index contributed by atoms with van der Waals surface area (Å²) in [6, 6.07) is 5.53. The number of hydrogen-bond donors (Lipinski definition) is 2. The summed E-state index contributed by atoms with van der Waals surface area (Å²) in [7, 11) is 1.89. The number of anilines is 1. The molecule has 0 bridgehead atoms. The lowest BCUT2D eigenvalue weighted by Crippen LogP contribution is -2.10. The zero-order chi connectivity index (χ0) is 13.3. The Morgan fingerprint density at radius 1 is 1.39 bits per heavy atom. The first-order valence-electron chi connectivity index (χ1n) is 5.46. The van der Waals surface area contributed by atoms with Gasteiger partial charge in [-0.3, -0.25) is 4.68 Å². The predicted molar refractivity (Wildman–Crippen MR) is 68.4 cm³/mol. The molecule has 2 rings (SSSR count). The summed E-state index contributed by atoms with van der Waals surface area (Å²) in [5.74, 6) is 5.74. The highest BCUT2D eigenvalue weighted by Crippen LogP contribution is 2.26. The molecule has 0 spiro atoms. The number of nitriles is 1. The highest BCUT2D eigenvalue weighted by atomic mass is 15.3. The number of rotatable bonds is 2. The number of pyridine rings is 1. The van der Waals surface area contributed by atoms with Crippen molar-refractivity contribution in [1.29, 1.82) is 5.26 Å². The first-order chi connectivity index (χ1) is 8.58. The Bertz CT molecular complexity index is 635. The van der Waals surface area contributed by atoms with Crippen molar-refractivity contribution < 1.29 is 0 Å². The fourth-order valence-corrected chi connectivity index (χ4v) is 1.94. The number of aryl methyl sites for hydroxylation is 2. The Hall–Kier alpha value is -2.39. The molecule has 0 fully saturated rings. The van der Waals surface area contributed by atoms with Gasteiger partial charge in [0.25, 0.3) is 0 Å². The maximum Gasteiger partial charge on any atom is 0.158 e. The summed E-state index contributed by atoms with van der Waals surface area (Å²) in [5.41, 5.74) is 6.50. The molecule has 0 aliphatic carbocycles. The minimum atomic E-state index is 0.373. The molecule has 2 heterocycles. The molecule has 0 saturated carbocycles. The van der Waals surface area contributed by atoms with Crippen molar-refractivity contribution in [3.8, 4) is 17.3 Å². The van der Waals surface area contributed by atoms with Crippen LogP contribution in [0.25, 0.3) is 11.3 Å². The molecular formula is C12H14N6. The van der Waals surface area contributed by atoms with Crippen LogP contribution in [0.1, 0.15) is 17.0 Å². The molecule has 0 saturated heterocycles. The van der Waals surface area contributed by atoms with Crippen molar-refractivity contribution >= 4 is 5.82 Å². The van der Waals surface area contributed by atoms with Gasteiger partial charge in [-0.05, 0) is 26.0 Å². The lowest BCUT2D eigenvalue weighted by atomic mass is 10.1. The number of hydrazine groups is 1. The van der Waals surface area contributed by atoms with E-state index in [0.717, 1.165) is 22.6 Å². The monoisotopic (exact) mass is 242 g/mol. The molecule has 6 nitrogen and oxygen atoms in total. The second-order valence-electron chi connectivity index (χ2n) is 4.02. The molecule has 0 aliphatic rings. The maximum absolute atomic E-state index is 8.92. The van der Waals surface area contributed by atoms with E-state index in [1.165, 1.54) is 0 Å². The highest BCUT2D eigenvalue weighted by Gasteiger charge is 2.14. The molecule has 0 aliphatic heterocycles. The summed E-state index contributed by atoms with van der Waals surface area (Å²) >= 11 is 0. The topological polar surface area (TPSA) is 92.5 Å². The minimum absolute atomic E-state index is 0.373. The summed E-state index contributed by atoms with van der Waals surface area (Å²) in [6.45, 7) is 3.91. The van der Waals surface area contributed by atoms with E-state index < -0.39 is 0 Å². The van der Waals surface area contributed by atoms with Crippen LogP contribution in [0.5, 0.6) is 0 Å². The van der Waals surface area contributed by atoms with E-state index in [9.17, 15) is 0 Å². The van der Waals surface area contributed by atoms with Gasteiger partial charge in [-0.1, -0.05) is 0 Å². The molecule has 0 unspecified atom stereocenters. The van der Waals surface area contributed by atoms with E-state index in [1.54, 1.807) is 16.8 Å². The van der Waals surface area contributed by atoms with Crippen molar-refractivity contribution in [1.82, 2.24) is 14.8 Å². The average molecular weight is 242 g/mol. The van der Waals surface area contributed by atoms with Gasteiger partial charge < -0.3 is 5.43 Å². The van der Waals surface area contributed by atoms with E-state index in [2.05, 4.69) is 15.5 Å². The van der Waals surface area contributed by atoms with Gasteiger partial charge >= 0.3 is 0 Å². The second-order valence-corrected chi connectivity index (χ2v) is 4.02. The predicted octanol–water partition coefficient (Wildman–Crippen LogP) is 1.26. The third kappa shape index (κ3) is 1.81. The van der Waals surface area contributed by atoms with Gasteiger partial charge in [0.2, 0.25) is 0 Å². The van der Waals surface area contributed by atoms with Crippen molar-refractivity contribution in [2.24, 2.45) is 12.9 Å². The van der Waals surface area contributed by atoms with Gasteiger partial charge in [0.15, 0.2) is 5.82 Å². The zero-order valence-corrected chi connectivity index (χ0v) is 10.5. The van der Waals surface area contributed by atoms with Crippen LogP contribution in [0.4, 0.5) is 5.82 Å². The van der Waals surface area contributed by atoms with Crippen LogP contribution in [0.3, 0.4) is 0 Å². The molecule has 92 valence electrons. The Kier molecular flexibility index (Phi) is 3.00. The van der Waals surface area contributed by atoms with E-state index in [-0.39, 0.29) is 0 Å². The van der Waals surface area contributed by atoms with Gasteiger partial charge in [0, 0.05) is 18.3 Å². The van der Waals surface area contributed by atoms with Gasteiger partial charge in [-0.2, -0.15) is 10.4 Å². The quantitative estimate of drug-likeness (QED) is 0.611. The summed E-state index contributed by atoms with van der Waals surface area (Å²) in [6.07, 6.45) is 0. The van der Waals surface area contributed by atoms with Crippen molar-refractivity contribution in [3.63, 3.8) is 0 Å². The third-order valence-corrected chi connectivity index (χ3v) is 2.92. The number of nitrogens with one attached hydrogen (secondary N) is 1. The SMILES string of the molecule is Cc1nn(C)c(C)c1-c1ccc(C#N)c(NN)n1. The Morgan fingerprint density at radius 2 is 2.11 bits per heavy atom. The molecule has 3 N–H and O–H groups in total. The van der Waals surface area contributed by atoms with E-state index in [4.69, 9.17) is 11.1 Å². The Labute approximate surface area is 105 Å². The van der Waals surface area contributed by atoms with Crippen LogP contribution < -0.4 is 11.3 Å². The Morgan fingerprint density at radius 3 is 2.61 bits per heavy atom. The number of nitrogen functional groups attached to an aromatic ring is 1. The van der Waals surface area contributed by atoms with Crippen molar-refractivity contribution in [2.45, 2.75) is 13.8 Å². The largest absolute Gasteiger partial charge is 0.307 e. The molecule has 0 amide bonds. The molecule has 18 heavy (non-hydrogen) atoms. The minimum Gasteiger partial charge on any atom is -0.307 e. The third-order valence-electron chi connectivity index (χ3n) is 2.92. The first-order valence-corrected chi connectivity index (χ1v) is 5.46. The van der Waals surface area contributed by atoms with E-state index >= 15 is 0 Å². The van der Waals surface area contributed by atoms with Gasteiger partial charge in [0.05, 0.1) is 17.0 Å². The molecule has 2 aromatic rings. The summed E-state index contributed by atoms with van der Waals surface area (Å²) < 4.78 is 1.81. The summed E-state index contributed by atoms with van der Waals surface area (Å²) in [4.78, 5) is 4.36. The van der Waals surface area contributed by atoms with Crippen LogP contribution in [0, 0.1) is 25.2 Å². The molecule has 0 atom stereocenters. The molecule has 6 heteroatoms. The number of nitrogens with zero attached hydrogens (tertiary/aromatic N) is 4. The normalized spacial score (nSPS) is 10.2. The van der Waals surface area contributed by atoms with Crippen LogP contribution in [0.2, 0.25) is 0 Å². The first kappa shape index (κ1) is 12.1. The standard InChI is InChI=1S/C12H14N6/c1-7-11(8(2)18(3)17-7)10-5-4-9(6-13)12(15-10)16-14/h4-5H,14H2,1-3H3,(H,15,16). The number of hydrogen-bond acceptors (Lipinski definition) is 5. The van der Waals surface area contributed by atoms with Crippen molar-refractivity contribution in [3.05, 3.63) is 29.1 Å². The number of nitrogens with two attached hydrogens (primary N) is 1. The van der Waals surface area contributed by atoms with Gasteiger partial charge in [-0.25, -0.2) is 10.8 Å². The van der Waals surface area contributed by atoms with Crippen LogP contribution in [0.15, 0.2) is 12.1 Å². The van der Waals surface area contributed by atoms with E-state index in [1.807, 2.05) is 27.0 Å². The second kappa shape index (κ2) is 4.47. The molecule has 0 radical (unpaired) electrons. The van der Waals surface area contributed by atoms with Crippen molar-refractivity contribution in [2.75, 3.05) is 5.43 Å².